The third-order valence-electron chi connectivity index (χ3n) is 3.71. The predicted octanol–water partition coefficient (Wildman–Crippen LogP) is 3.78. The molecule has 5 nitrogen and oxygen atoms in total. The van der Waals surface area contributed by atoms with Crippen molar-refractivity contribution in [1.82, 2.24) is 15.0 Å². The quantitative estimate of drug-likeness (QED) is 0.728. The van der Waals surface area contributed by atoms with Crippen LogP contribution in [0.5, 0.6) is 5.88 Å². The number of halogens is 2. The summed E-state index contributed by atoms with van der Waals surface area (Å²) in [5, 5.41) is 0. The second kappa shape index (κ2) is 7.86. The smallest absolute Gasteiger partial charge is 0.221 e. The van der Waals surface area contributed by atoms with E-state index in [-0.39, 0.29) is 5.95 Å². The van der Waals surface area contributed by atoms with Gasteiger partial charge in [0.1, 0.15) is 0 Å². The van der Waals surface area contributed by atoms with Crippen LogP contribution in [0, 0.1) is 11.6 Å². The van der Waals surface area contributed by atoms with Gasteiger partial charge in [0.05, 0.1) is 6.61 Å². The van der Waals surface area contributed by atoms with Crippen molar-refractivity contribution in [3.05, 3.63) is 65.6 Å². The number of ether oxygens (including phenoxy) is 1. The molecule has 0 fully saturated rings. The maximum absolute atomic E-state index is 13.7. The van der Waals surface area contributed by atoms with Gasteiger partial charge in [-0.25, -0.2) is 23.7 Å². The number of hydrogen-bond donors (Lipinski definition) is 1. The Morgan fingerprint density at radius 3 is 2.38 bits per heavy atom. The van der Waals surface area contributed by atoms with E-state index in [1.807, 2.05) is 13.0 Å². The highest BCUT2D eigenvalue weighted by Crippen LogP contribution is 2.30. The molecule has 0 radical (unpaired) electrons. The lowest BCUT2D eigenvalue weighted by molar-refractivity contribution is 0.306. The first-order valence-electron chi connectivity index (χ1n) is 8.20. The summed E-state index contributed by atoms with van der Waals surface area (Å²) in [6, 6.07) is 5.58. The van der Waals surface area contributed by atoms with Gasteiger partial charge in [-0.05, 0) is 41.3 Å². The summed E-state index contributed by atoms with van der Waals surface area (Å²) in [7, 11) is 0. The molecule has 7 heteroatoms. The van der Waals surface area contributed by atoms with Crippen molar-refractivity contribution in [2.75, 3.05) is 12.3 Å². The van der Waals surface area contributed by atoms with Gasteiger partial charge in [-0.15, -0.1) is 0 Å². The number of hydrogen-bond acceptors (Lipinski definition) is 5. The highest BCUT2D eigenvalue weighted by Gasteiger charge is 2.13. The van der Waals surface area contributed by atoms with Crippen molar-refractivity contribution in [2.45, 2.75) is 19.8 Å². The summed E-state index contributed by atoms with van der Waals surface area (Å²) < 4.78 is 32.6. The maximum Gasteiger partial charge on any atom is 0.221 e. The van der Waals surface area contributed by atoms with E-state index in [2.05, 4.69) is 15.0 Å². The van der Waals surface area contributed by atoms with Gasteiger partial charge in [0, 0.05) is 30.6 Å². The molecule has 0 spiro atoms. The third-order valence-corrected chi connectivity index (χ3v) is 3.71. The Hall–Kier alpha value is -3.09. The van der Waals surface area contributed by atoms with Gasteiger partial charge in [0.2, 0.25) is 11.8 Å². The zero-order chi connectivity index (χ0) is 18.5. The van der Waals surface area contributed by atoms with Gasteiger partial charge in [-0.3, -0.25) is 0 Å². The van der Waals surface area contributed by atoms with Crippen molar-refractivity contribution in [3.8, 4) is 17.0 Å². The number of rotatable bonds is 6. The molecular weight excluding hydrogens is 338 g/mol. The highest BCUT2D eigenvalue weighted by molar-refractivity contribution is 5.69. The Labute approximate surface area is 149 Å². The summed E-state index contributed by atoms with van der Waals surface area (Å²) in [6.45, 7) is 2.46. The average Bonchev–Trinajstić information content (AvgIpc) is 2.65. The third kappa shape index (κ3) is 4.11. The van der Waals surface area contributed by atoms with Crippen LogP contribution in [-0.4, -0.2) is 21.6 Å². The fourth-order valence-electron chi connectivity index (χ4n) is 2.47. The zero-order valence-corrected chi connectivity index (χ0v) is 14.2. The Balaban J connectivity index is 1.97. The molecular formula is C19H18F2N4O. The number of nitrogens with zero attached hydrogens (tertiary/aromatic N) is 3. The zero-order valence-electron chi connectivity index (χ0n) is 14.2. The largest absolute Gasteiger partial charge is 0.477 e. The molecule has 0 amide bonds. The lowest BCUT2D eigenvalue weighted by atomic mass is 10.0. The molecule has 2 heterocycles. The molecule has 0 unspecified atom stereocenters. The minimum atomic E-state index is -0.915. The molecule has 3 rings (SSSR count). The SMILES string of the molecule is CCCOc1ncc(Cc2cnc(N)nc2)cc1-c1ccc(F)c(F)c1. The lowest BCUT2D eigenvalue weighted by Crippen LogP contribution is -2.02. The molecule has 3 aromatic rings. The standard InChI is InChI=1S/C19H18F2N4O/c1-2-5-26-18-15(14-3-4-16(20)17(21)8-14)7-12(9-23-18)6-13-10-24-19(22)25-11-13/h3-4,7-11H,2,5-6H2,1H3,(H2,22,24,25). The molecule has 2 N–H and O–H groups in total. The van der Waals surface area contributed by atoms with Crippen LogP contribution in [0.1, 0.15) is 24.5 Å². The fraction of sp³-hybridized carbons (Fsp3) is 0.211. The van der Waals surface area contributed by atoms with E-state index >= 15 is 0 Å². The monoisotopic (exact) mass is 356 g/mol. The van der Waals surface area contributed by atoms with Gasteiger partial charge in [-0.2, -0.15) is 0 Å². The van der Waals surface area contributed by atoms with E-state index in [9.17, 15) is 8.78 Å². The summed E-state index contributed by atoms with van der Waals surface area (Å²) in [5.41, 5.74) is 8.32. The first-order chi connectivity index (χ1) is 12.6. The predicted molar refractivity (Wildman–Crippen MR) is 94.6 cm³/mol. The van der Waals surface area contributed by atoms with Gasteiger partial charge in [0.25, 0.3) is 0 Å². The second-order valence-corrected chi connectivity index (χ2v) is 5.80. The topological polar surface area (TPSA) is 73.9 Å². The molecule has 2 aromatic heterocycles. The van der Waals surface area contributed by atoms with Crippen LogP contribution in [0.25, 0.3) is 11.1 Å². The van der Waals surface area contributed by atoms with Crippen molar-refractivity contribution in [1.29, 1.82) is 0 Å². The van der Waals surface area contributed by atoms with Crippen molar-refractivity contribution in [3.63, 3.8) is 0 Å². The van der Waals surface area contributed by atoms with Crippen molar-refractivity contribution in [2.24, 2.45) is 0 Å². The first kappa shape index (κ1) is 17.7. The van der Waals surface area contributed by atoms with E-state index < -0.39 is 11.6 Å². The Kier molecular flexibility index (Phi) is 5.36. The second-order valence-electron chi connectivity index (χ2n) is 5.80. The molecule has 134 valence electrons. The van der Waals surface area contributed by atoms with Crippen molar-refractivity contribution < 1.29 is 13.5 Å². The van der Waals surface area contributed by atoms with E-state index in [1.54, 1.807) is 18.6 Å². The number of aromatic nitrogens is 3. The van der Waals surface area contributed by atoms with Gasteiger partial charge < -0.3 is 10.5 Å². The van der Waals surface area contributed by atoms with E-state index in [0.29, 0.717) is 30.0 Å². The summed E-state index contributed by atoms with van der Waals surface area (Å²) in [5.74, 6) is -1.22. The molecule has 0 saturated carbocycles. The first-order valence-corrected chi connectivity index (χ1v) is 8.20. The van der Waals surface area contributed by atoms with Crippen LogP contribution < -0.4 is 10.5 Å². The summed E-state index contributed by atoms with van der Waals surface area (Å²) >= 11 is 0. The van der Waals surface area contributed by atoms with Gasteiger partial charge in [-0.1, -0.05) is 13.0 Å². The molecule has 0 bridgehead atoms. The number of pyridine rings is 1. The van der Waals surface area contributed by atoms with E-state index in [1.165, 1.54) is 6.07 Å². The number of benzene rings is 1. The Morgan fingerprint density at radius 2 is 1.69 bits per heavy atom. The van der Waals surface area contributed by atoms with Crippen LogP contribution in [-0.2, 0) is 6.42 Å². The molecule has 0 atom stereocenters. The minimum Gasteiger partial charge on any atom is -0.477 e. The number of nitrogens with two attached hydrogens (primary N) is 1. The molecule has 26 heavy (non-hydrogen) atoms. The number of anilines is 1. The molecule has 0 aliphatic carbocycles. The van der Waals surface area contributed by atoms with Gasteiger partial charge >= 0.3 is 0 Å². The number of nitrogen functional groups attached to an aromatic ring is 1. The highest BCUT2D eigenvalue weighted by atomic mass is 19.2. The minimum absolute atomic E-state index is 0.206. The van der Waals surface area contributed by atoms with Crippen LogP contribution >= 0.6 is 0 Å². The molecule has 0 aliphatic heterocycles. The van der Waals surface area contributed by atoms with Crippen LogP contribution in [0.2, 0.25) is 0 Å². The van der Waals surface area contributed by atoms with E-state index in [4.69, 9.17) is 10.5 Å². The molecule has 0 saturated heterocycles. The molecule has 1 aromatic carbocycles. The fourth-order valence-corrected chi connectivity index (χ4v) is 2.47. The lowest BCUT2D eigenvalue weighted by Gasteiger charge is -2.12. The Bertz CT molecular complexity index is 901. The molecule has 0 aliphatic rings. The summed E-state index contributed by atoms with van der Waals surface area (Å²) in [4.78, 5) is 12.3. The van der Waals surface area contributed by atoms with Crippen LogP contribution in [0.3, 0.4) is 0 Å². The van der Waals surface area contributed by atoms with Crippen LogP contribution in [0.15, 0.2) is 42.9 Å². The van der Waals surface area contributed by atoms with Gasteiger partial charge in [0.15, 0.2) is 11.6 Å². The Morgan fingerprint density at radius 1 is 0.962 bits per heavy atom. The summed E-state index contributed by atoms with van der Waals surface area (Å²) in [6.07, 6.45) is 6.30. The van der Waals surface area contributed by atoms with E-state index in [0.717, 1.165) is 29.7 Å². The van der Waals surface area contributed by atoms with Crippen molar-refractivity contribution >= 4 is 5.95 Å². The maximum atomic E-state index is 13.7. The average molecular weight is 356 g/mol. The van der Waals surface area contributed by atoms with Crippen LogP contribution in [0.4, 0.5) is 14.7 Å². The normalized spacial score (nSPS) is 10.7.